The van der Waals surface area contributed by atoms with Crippen molar-refractivity contribution in [1.82, 2.24) is 9.62 Å². The number of piperidine rings is 1. The number of aryl methyl sites for hydroxylation is 2. The topological polar surface area (TPSA) is 66.5 Å². The minimum atomic E-state index is -3.54. The van der Waals surface area contributed by atoms with Gasteiger partial charge in [-0.1, -0.05) is 61.9 Å². The fourth-order valence-corrected chi connectivity index (χ4v) is 5.83. The number of nitrogens with one attached hydrogen (secondary N) is 1. The van der Waals surface area contributed by atoms with Crippen molar-refractivity contribution < 1.29 is 13.2 Å². The quantitative estimate of drug-likeness (QED) is 0.749. The van der Waals surface area contributed by atoms with E-state index in [1.807, 2.05) is 56.3 Å². The monoisotopic (exact) mass is 428 g/mol. The highest BCUT2D eigenvalue weighted by Gasteiger charge is 2.33. The van der Waals surface area contributed by atoms with Gasteiger partial charge in [-0.3, -0.25) is 4.79 Å². The summed E-state index contributed by atoms with van der Waals surface area (Å²) < 4.78 is 27.7. The summed E-state index contributed by atoms with van der Waals surface area (Å²) in [4.78, 5) is 13.3. The minimum absolute atomic E-state index is 0.0149. The summed E-state index contributed by atoms with van der Waals surface area (Å²) in [7, 11) is -3.54. The number of carbonyl (C=O) groups is 1. The van der Waals surface area contributed by atoms with Gasteiger partial charge in [0.25, 0.3) is 0 Å². The largest absolute Gasteiger partial charge is 0.349 e. The zero-order chi connectivity index (χ0) is 21.9. The Morgan fingerprint density at radius 3 is 2.23 bits per heavy atom. The van der Waals surface area contributed by atoms with E-state index < -0.39 is 10.0 Å². The minimum Gasteiger partial charge on any atom is -0.349 e. The molecule has 1 unspecified atom stereocenters. The van der Waals surface area contributed by atoms with Crippen LogP contribution in [0.4, 0.5) is 0 Å². The first kappa shape index (κ1) is 22.5. The molecule has 1 fully saturated rings. The molecule has 0 saturated carbocycles. The van der Waals surface area contributed by atoms with E-state index in [1.165, 1.54) is 4.31 Å². The first-order valence-corrected chi connectivity index (χ1v) is 12.1. The van der Waals surface area contributed by atoms with Gasteiger partial charge in [-0.15, -0.1) is 0 Å². The summed E-state index contributed by atoms with van der Waals surface area (Å²) >= 11 is 0. The van der Waals surface area contributed by atoms with Crippen LogP contribution in [0.3, 0.4) is 0 Å². The standard InChI is InChI=1S/C24H32N2O3S/c1-17(2)23(20-8-6-5-7-9-20)25-24(27)21-12-14-26(15-13-21)30(28,29)22-11-10-18(3)16-19(22)4/h5-11,16-17,21,23H,12-15H2,1-4H3,(H,25,27). The molecule has 0 aliphatic carbocycles. The molecular weight excluding hydrogens is 396 g/mol. The van der Waals surface area contributed by atoms with E-state index in [9.17, 15) is 13.2 Å². The molecule has 1 aliphatic heterocycles. The fourth-order valence-electron chi connectivity index (χ4n) is 4.15. The van der Waals surface area contributed by atoms with Gasteiger partial charge >= 0.3 is 0 Å². The van der Waals surface area contributed by atoms with E-state index >= 15 is 0 Å². The highest BCUT2D eigenvalue weighted by atomic mass is 32.2. The zero-order valence-electron chi connectivity index (χ0n) is 18.3. The third-order valence-corrected chi connectivity index (χ3v) is 7.95. The number of carbonyl (C=O) groups excluding carboxylic acids is 1. The molecule has 6 heteroatoms. The van der Waals surface area contributed by atoms with Gasteiger partial charge in [0.05, 0.1) is 10.9 Å². The molecule has 2 aromatic rings. The average Bonchev–Trinajstić information content (AvgIpc) is 2.72. The zero-order valence-corrected chi connectivity index (χ0v) is 19.1. The molecule has 1 heterocycles. The van der Waals surface area contributed by atoms with Gasteiger partial charge < -0.3 is 5.32 Å². The van der Waals surface area contributed by atoms with Crippen LogP contribution < -0.4 is 5.32 Å². The maximum absolute atomic E-state index is 13.1. The van der Waals surface area contributed by atoms with Crippen molar-refractivity contribution in [2.24, 2.45) is 11.8 Å². The number of sulfonamides is 1. The smallest absolute Gasteiger partial charge is 0.243 e. The summed E-state index contributed by atoms with van der Waals surface area (Å²) in [6, 6.07) is 15.4. The van der Waals surface area contributed by atoms with E-state index in [0.717, 1.165) is 16.7 Å². The maximum Gasteiger partial charge on any atom is 0.243 e. The molecule has 3 rings (SSSR count). The molecule has 1 amide bonds. The second kappa shape index (κ2) is 9.31. The van der Waals surface area contributed by atoms with Crippen LogP contribution in [0.5, 0.6) is 0 Å². The Kier molecular flexibility index (Phi) is 6.98. The van der Waals surface area contributed by atoms with Crippen molar-refractivity contribution in [2.45, 2.75) is 51.5 Å². The average molecular weight is 429 g/mol. The molecule has 1 aliphatic rings. The Balaban J connectivity index is 1.65. The SMILES string of the molecule is Cc1ccc(S(=O)(=O)N2CCC(C(=O)NC(c3ccccc3)C(C)C)CC2)c(C)c1. The predicted molar refractivity (Wildman–Crippen MR) is 120 cm³/mol. The molecule has 2 aromatic carbocycles. The van der Waals surface area contributed by atoms with Crippen molar-refractivity contribution in [1.29, 1.82) is 0 Å². The van der Waals surface area contributed by atoms with Gasteiger partial charge in [-0.25, -0.2) is 8.42 Å². The first-order valence-electron chi connectivity index (χ1n) is 10.6. The van der Waals surface area contributed by atoms with Gasteiger partial charge in [0, 0.05) is 19.0 Å². The molecule has 1 atom stereocenters. The predicted octanol–water partition coefficient (Wildman–Crippen LogP) is 4.22. The number of nitrogens with zero attached hydrogens (tertiary/aromatic N) is 1. The van der Waals surface area contributed by atoms with Crippen LogP contribution in [0.1, 0.15) is 49.4 Å². The number of rotatable bonds is 6. The molecule has 0 spiro atoms. The molecule has 0 bridgehead atoms. The van der Waals surface area contributed by atoms with Gasteiger partial charge in [-0.2, -0.15) is 4.31 Å². The van der Waals surface area contributed by atoms with E-state index in [1.54, 1.807) is 6.07 Å². The van der Waals surface area contributed by atoms with E-state index in [0.29, 0.717) is 30.8 Å². The van der Waals surface area contributed by atoms with Crippen LogP contribution in [0, 0.1) is 25.7 Å². The summed E-state index contributed by atoms with van der Waals surface area (Å²) in [6.07, 6.45) is 1.07. The fraction of sp³-hybridized carbons (Fsp3) is 0.458. The number of hydrogen-bond acceptors (Lipinski definition) is 3. The van der Waals surface area contributed by atoms with Crippen LogP contribution >= 0.6 is 0 Å². The second-order valence-corrected chi connectivity index (χ2v) is 10.5. The molecule has 0 radical (unpaired) electrons. The number of hydrogen-bond donors (Lipinski definition) is 1. The Hall–Kier alpha value is -2.18. The van der Waals surface area contributed by atoms with Crippen LogP contribution in [-0.2, 0) is 14.8 Å². The van der Waals surface area contributed by atoms with E-state index in [-0.39, 0.29) is 23.8 Å². The molecule has 0 aromatic heterocycles. The summed E-state index contributed by atoms with van der Waals surface area (Å²) in [5.74, 6) is 0.114. The molecule has 1 N–H and O–H groups in total. The highest BCUT2D eigenvalue weighted by Crippen LogP contribution is 2.28. The molecule has 162 valence electrons. The lowest BCUT2D eigenvalue weighted by atomic mass is 9.93. The van der Waals surface area contributed by atoms with Crippen LogP contribution in [0.25, 0.3) is 0 Å². The van der Waals surface area contributed by atoms with Crippen molar-refractivity contribution in [3.05, 3.63) is 65.2 Å². The van der Waals surface area contributed by atoms with Crippen molar-refractivity contribution in [2.75, 3.05) is 13.1 Å². The van der Waals surface area contributed by atoms with Crippen molar-refractivity contribution in [3.63, 3.8) is 0 Å². The second-order valence-electron chi connectivity index (χ2n) is 8.59. The summed E-state index contributed by atoms with van der Waals surface area (Å²) in [5.41, 5.74) is 2.90. The van der Waals surface area contributed by atoms with Crippen molar-refractivity contribution >= 4 is 15.9 Å². The van der Waals surface area contributed by atoms with Crippen molar-refractivity contribution in [3.8, 4) is 0 Å². The van der Waals surface area contributed by atoms with Gasteiger partial charge in [-0.05, 0) is 49.8 Å². The summed E-state index contributed by atoms with van der Waals surface area (Å²) in [5, 5.41) is 3.20. The number of amides is 1. The normalized spacial score (nSPS) is 17.1. The Bertz CT molecular complexity index is 979. The summed E-state index contributed by atoms with van der Waals surface area (Å²) in [6.45, 7) is 8.70. The number of benzene rings is 2. The van der Waals surface area contributed by atoms with E-state index in [4.69, 9.17) is 0 Å². The molecule has 30 heavy (non-hydrogen) atoms. The third-order valence-electron chi connectivity index (χ3n) is 5.90. The Morgan fingerprint density at radius 1 is 1.03 bits per heavy atom. The molecule has 1 saturated heterocycles. The van der Waals surface area contributed by atoms with Gasteiger partial charge in [0.1, 0.15) is 0 Å². The lowest BCUT2D eigenvalue weighted by Gasteiger charge is -2.32. The third kappa shape index (κ3) is 4.93. The maximum atomic E-state index is 13.1. The van der Waals surface area contributed by atoms with E-state index in [2.05, 4.69) is 19.2 Å². The van der Waals surface area contributed by atoms with Gasteiger partial charge in [0.15, 0.2) is 0 Å². The Labute approximate surface area is 180 Å². The lowest BCUT2D eigenvalue weighted by Crippen LogP contribution is -2.44. The lowest BCUT2D eigenvalue weighted by molar-refractivity contribution is -0.127. The molecule has 5 nitrogen and oxygen atoms in total. The highest BCUT2D eigenvalue weighted by molar-refractivity contribution is 7.89. The van der Waals surface area contributed by atoms with Crippen LogP contribution in [-0.4, -0.2) is 31.7 Å². The molecular formula is C24H32N2O3S. The Morgan fingerprint density at radius 2 is 1.67 bits per heavy atom. The van der Waals surface area contributed by atoms with Gasteiger partial charge in [0.2, 0.25) is 15.9 Å². The van der Waals surface area contributed by atoms with Crippen LogP contribution in [0.15, 0.2) is 53.4 Å². The van der Waals surface area contributed by atoms with Crippen LogP contribution in [0.2, 0.25) is 0 Å². The first-order chi connectivity index (χ1) is 14.2.